The molecule has 0 saturated carbocycles. The van der Waals surface area contributed by atoms with E-state index in [-0.39, 0.29) is 5.60 Å². The van der Waals surface area contributed by atoms with Crippen molar-refractivity contribution in [2.45, 2.75) is 51.7 Å². The molecule has 0 aliphatic carbocycles. The number of hydrogen-bond acceptors (Lipinski definition) is 3. The van der Waals surface area contributed by atoms with Crippen LogP contribution in [0.15, 0.2) is 0 Å². The summed E-state index contributed by atoms with van der Waals surface area (Å²) in [6.45, 7) is 12.9. The highest BCUT2D eigenvalue weighted by Crippen LogP contribution is 2.20. The van der Waals surface area contributed by atoms with E-state index in [1.807, 2.05) is 0 Å². The topological polar surface area (TPSA) is 24.5 Å². The fourth-order valence-electron chi connectivity index (χ4n) is 2.00. The van der Waals surface area contributed by atoms with Crippen molar-refractivity contribution in [1.82, 2.24) is 10.2 Å². The molecular formula is C13H28N2O. The molecule has 0 radical (unpaired) electrons. The molecule has 1 saturated heterocycles. The minimum Gasteiger partial charge on any atom is -0.375 e. The number of ether oxygens (including phenoxy) is 1. The molecule has 0 amide bonds. The Morgan fingerprint density at radius 1 is 1.25 bits per heavy atom. The van der Waals surface area contributed by atoms with Gasteiger partial charge < -0.3 is 15.0 Å². The standard InChI is InChI=1S/C13H28N2O/c1-12(2,3)16-11-10-15-8-6-13(4,14-5)7-9-15/h14H,6-11H2,1-5H3. The maximum Gasteiger partial charge on any atom is 0.0600 e. The third kappa shape index (κ3) is 4.81. The Hall–Kier alpha value is -0.120. The Labute approximate surface area is 101 Å². The van der Waals surface area contributed by atoms with Crippen LogP contribution in [-0.2, 0) is 4.74 Å². The Bertz CT molecular complexity index is 202. The summed E-state index contributed by atoms with van der Waals surface area (Å²) in [5, 5.41) is 3.42. The molecule has 0 atom stereocenters. The third-order valence-corrected chi connectivity index (χ3v) is 3.51. The molecule has 0 aromatic carbocycles. The van der Waals surface area contributed by atoms with Crippen molar-refractivity contribution in [3.63, 3.8) is 0 Å². The molecule has 96 valence electrons. The number of hydrogen-bond donors (Lipinski definition) is 1. The van der Waals surface area contributed by atoms with Gasteiger partial charge in [-0.25, -0.2) is 0 Å². The highest BCUT2D eigenvalue weighted by atomic mass is 16.5. The van der Waals surface area contributed by atoms with Gasteiger partial charge in [0.05, 0.1) is 12.2 Å². The maximum absolute atomic E-state index is 5.75. The van der Waals surface area contributed by atoms with Gasteiger partial charge in [0, 0.05) is 12.1 Å². The van der Waals surface area contributed by atoms with Crippen LogP contribution >= 0.6 is 0 Å². The van der Waals surface area contributed by atoms with Crippen molar-refractivity contribution in [3.05, 3.63) is 0 Å². The number of nitrogens with zero attached hydrogens (tertiary/aromatic N) is 1. The molecule has 1 aliphatic heterocycles. The van der Waals surface area contributed by atoms with Crippen molar-refractivity contribution < 1.29 is 4.74 Å². The Kier molecular flexibility index (Phi) is 4.77. The highest BCUT2D eigenvalue weighted by molar-refractivity contribution is 4.88. The summed E-state index contributed by atoms with van der Waals surface area (Å²) in [7, 11) is 2.07. The van der Waals surface area contributed by atoms with Gasteiger partial charge in [-0.05, 0) is 60.7 Å². The van der Waals surface area contributed by atoms with Crippen molar-refractivity contribution in [2.75, 3.05) is 33.3 Å². The van der Waals surface area contributed by atoms with Gasteiger partial charge in [0.1, 0.15) is 0 Å². The molecule has 0 bridgehead atoms. The van der Waals surface area contributed by atoms with Crippen LogP contribution in [0.4, 0.5) is 0 Å². The smallest absolute Gasteiger partial charge is 0.0600 e. The maximum atomic E-state index is 5.75. The lowest BCUT2D eigenvalue weighted by Gasteiger charge is -2.39. The summed E-state index contributed by atoms with van der Waals surface area (Å²) in [5.41, 5.74) is 0.344. The zero-order valence-corrected chi connectivity index (χ0v) is 11.6. The van der Waals surface area contributed by atoms with Crippen LogP contribution in [0.3, 0.4) is 0 Å². The molecule has 3 heteroatoms. The van der Waals surface area contributed by atoms with Crippen LogP contribution in [-0.4, -0.2) is 49.3 Å². The van der Waals surface area contributed by atoms with E-state index < -0.39 is 0 Å². The van der Waals surface area contributed by atoms with Gasteiger partial charge in [-0.2, -0.15) is 0 Å². The van der Waals surface area contributed by atoms with Crippen molar-refractivity contribution in [2.24, 2.45) is 0 Å². The van der Waals surface area contributed by atoms with E-state index in [0.29, 0.717) is 5.54 Å². The molecule has 3 nitrogen and oxygen atoms in total. The first-order chi connectivity index (χ1) is 7.35. The second-order valence-electron chi connectivity index (χ2n) is 6.11. The second-order valence-corrected chi connectivity index (χ2v) is 6.11. The highest BCUT2D eigenvalue weighted by Gasteiger charge is 2.27. The largest absolute Gasteiger partial charge is 0.375 e. The summed E-state index contributed by atoms with van der Waals surface area (Å²) >= 11 is 0. The first-order valence-electron chi connectivity index (χ1n) is 6.40. The lowest BCUT2D eigenvalue weighted by Crippen LogP contribution is -2.50. The van der Waals surface area contributed by atoms with Crippen LogP contribution in [0.5, 0.6) is 0 Å². The Morgan fingerprint density at radius 3 is 2.25 bits per heavy atom. The Balaban J connectivity index is 2.18. The molecule has 1 aliphatic rings. The van der Waals surface area contributed by atoms with E-state index in [4.69, 9.17) is 4.74 Å². The van der Waals surface area contributed by atoms with Crippen molar-refractivity contribution in [1.29, 1.82) is 0 Å². The van der Waals surface area contributed by atoms with E-state index >= 15 is 0 Å². The summed E-state index contributed by atoms with van der Waals surface area (Å²) < 4.78 is 5.75. The van der Waals surface area contributed by atoms with Crippen molar-refractivity contribution in [3.8, 4) is 0 Å². The zero-order chi connectivity index (χ0) is 12.2. The van der Waals surface area contributed by atoms with Gasteiger partial charge in [-0.1, -0.05) is 0 Å². The summed E-state index contributed by atoms with van der Waals surface area (Å²) in [6, 6.07) is 0. The number of rotatable bonds is 4. The molecule has 1 rings (SSSR count). The van der Waals surface area contributed by atoms with Gasteiger partial charge in [0.15, 0.2) is 0 Å². The van der Waals surface area contributed by atoms with Crippen LogP contribution in [0, 0.1) is 0 Å². The van der Waals surface area contributed by atoms with Crippen molar-refractivity contribution >= 4 is 0 Å². The average molecular weight is 228 g/mol. The Morgan fingerprint density at radius 2 is 1.81 bits per heavy atom. The fraction of sp³-hybridized carbons (Fsp3) is 1.00. The summed E-state index contributed by atoms with van der Waals surface area (Å²) in [6.07, 6.45) is 2.47. The third-order valence-electron chi connectivity index (χ3n) is 3.51. The minimum absolute atomic E-state index is 0.00469. The van der Waals surface area contributed by atoms with E-state index in [1.54, 1.807) is 0 Å². The lowest BCUT2D eigenvalue weighted by molar-refractivity contribution is -0.0172. The normalized spacial score (nSPS) is 22.3. The van der Waals surface area contributed by atoms with Crippen LogP contribution in [0.25, 0.3) is 0 Å². The molecule has 1 fully saturated rings. The molecule has 1 N–H and O–H groups in total. The quantitative estimate of drug-likeness (QED) is 0.795. The average Bonchev–Trinajstić information content (AvgIpc) is 2.20. The van der Waals surface area contributed by atoms with Crippen LogP contribution in [0.2, 0.25) is 0 Å². The van der Waals surface area contributed by atoms with Gasteiger partial charge in [0.25, 0.3) is 0 Å². The van der Waals surface area contributed by atoms with Gasteiger partial charge >= 0.3 is 0 Å². The summed E-state index contributed by atoms with van der Waals surface area (Å²) in [4.78, 5) is 2.50. The molecule has 0 aromatic rings. The first-order valence-corrected chi connectivity index (χ1v) is 6.40. The van der Waals surface area contributed by atoms with E-state index in [2.05, 4.69) is 45.0 Å². The molecule has 0 spiro atoms. The van der Waals surface area contributed by atoms with E-state index in [1.165, 1.54) is 25.9 Å². The predicted molar refractivity (Wildman–Crippen MR) is 68.8 cm³/mol. The SMILES string of the molecule is CNC1(C)CCN(CCOC(C)(C)C)CC1. The van der Waals surface area contributed by atoms with Gasteiger partial charge in [-0.3, -0.25) is 0 Å². The summed E-state index contributed by atoms with van der Waals surface area (Å²) in [5.74, 6) is 0. The lowest BCUT2D eigenvalue weighted by atomic mass is 9.90. The van der Waals surface area contributed by atoms with Gasteiger partial charge in [-0.15, -0.1) is 0 Å². The molecule has 16 heavy (non-hydrogen) atoms. The monoisotopic (exact) mass is 228 g/mol. The minimum atomic E-state index is -0.00469. The number of likely N-dealkylation sites (tertiary alicyclic amines) is 1. The molecular weight excluding hydrogens is 200 g/mol. The van der Waals surface area contributed by atoms with E-state index in [9.17, 15) is 0 Å². The van der Waals surface area contributed by atoms with Crippen LogP contribution in [0.1, 0.15) is 40.5 Å². The first kappa shape index (κ1) is 13.9. The van der Waals surface area contributed by atoms with Gasteiger partial charge in [0.2, 0.25) is 0 Å². The molecule has 0 aromatic heterocycles. The zero-order valence-electron chi connectivity index (χ0n) is 11.6. The number of nitrogens with one attached hydrogen (secondary N) is 1. The van der Waals surface area contributed by atoms with Crippen LogP contribution < -0.4 is 5.32 Å². The second kappa shape index (κ2) is 5.48. The molecule has 1 heterocycles. The number of piperidine rings is 1. The molecule has 0 unspecified atom stereocenters. The van der Waals surface area contributed by atoms with E-state index in [0.717, 1.165) is 13.2 Å². The fourth-order valence-corrected chi connectivity index (χ4v) is 2.00. The predicted octanol–water partition coefficient (Wildman–Crippen LogP) is 1.88.